The van der Waals surface area contributed by atoms with E-state index in [9.17, 15) is 9.59 Å². The van der Waals surface area contributed by atoms with E-state index in [-0.39, 0.29) is 18.6 Å². The van der Waals surface area contributed by atoms with Crippen molar-refractivity contribution in [1.82, 2.24) is 5.32 Å². The van der Waals surface area contributed by atoms with Gasteiger partial charge in [-0.05, 0) is 41.5 Å². The molecule has 24 heavy (non-hydrogen) atoms. The number of carbonyl (C=O) groups excluding carboxylic acids is 2. The number of aliphatic hydroxyl groups excluding tert-OH is 1. The molecule has 0 bridgehead atoms. The van der Waals surface area contributed by atoms with Crippen LogP contribution < -0.4 is 10.6 Å². The van der Waals surface area contributed by atoms with Crippen LogP contribution in [0.5, 0.6) is 0 Å². The van der Waals surface area contributed by atoms with E-state index in [1.54, 1.807) is 17.4 Å². The van der Waals surface area contributed by atoms with Gasteiger partial charge in [0, 0.05) is 23.2 Å². The van der Waals surface area contributed by atoms with Crippen LogP contribution in [-0.4, -0.2) is 29.6 Å². The summed E-state index contributed by atoms with van der Waals surface area (Å²) in [6, 6.07) is 11.1. The molecule has 2 aromatic rings. The van der Waals surface area contributed by atoms with Gasteiger partial charge in [0.25, 0.3) is 0 Å². The highest BCUT2D eigenvalue weighted by Gasteiger charge is 2.20. The molecular weight excluding hydrogens is 324 g/mol. The first-order valence-electron chi connectivity index (χ1n) is 7.88. The lowest BCUT2D eigenvalue weighted by atomic mass is 10.0. The molecule has 1 aromatic heterocycles. The second-order valence-electron chi connectivity index (χ2n) is 5.85. The third kappa shape index (κ3) is 4.91. The number of rotatable bonds is 6. The van der Waals surface area contributed by atoms with Gasteiger partial charge >= 0.3 is 11.8 Å². The molecule has 0 saturated heterocycles. The molecule has 0 aliphatic rings. The standard InChI is InChI=1S/C18H22N2O3S/c1-12(2)15(8-9-21)20-18(23)17(22)19-14-6-3-5-13(11-14)16-7-4-10-24-16/h3-7,10-12,15,21H,8-9H2,1-2H3,(H,19,22)(H,20,23). The van der Waals surface area contributed by atoms with E-state index < -0.39 is 11.8 Å². The summed E-state index contributed by atoms with van der Waals surface area (Å²) in [5, 5.41) is 16.3. The molecule has 0 fully saturated rings. The zero-order valence-electron chi connectivity index (χ0n) is 13.8. The third-order valence-corrected chi connectivity index (χ3v) is 4.61. The summed E-state index contributed by atoms with van der Waals surface area (Å²) in [6.07, 6.45) is 0.421. The summed E-state index contributed by atoms with van der Waals surface area (Å²) in [5.41, 5.74) is 1.56. The largest absolute Gasteiger partial charge is 0.396 e. The van der Waals surface area contributed by atoms with Crippen molar-refractivity contribution in [3.8, 4) is 10.4 Å². The molecule has 3 N–H and O–H groups in total. The maximum absolute atomic E-state index is 12.1. The van der Waals surface area contributed by atoms with Gasteiger partial charge in [-0.25, -0.2) is 0 Å². The average molecular weight is 346 g/mol. The summed E-state index contributed by atoms with van der Waals surface area (Å²) in [5.74, 6) is -1.26. The Morgan fingerprint density at radius 2 is 1.96 bits per heavy atom. The molecule has 128 valence electrons. The van der Waals surface area contributed by atoms with Crippen LogP contribution in [0.25, 0.3) is 10.4 Å². The molecule has 2 rings (SSSR count). The highest BCUT2D eigenvalue weighted by Crippen LogP contribution is 2.26. The van der Waals surface area contributed by atoms with E-state index in [1.165, 1.54) is 0 Å². The predicted molar refractivity (Wildman–Crippen MR) is 96.9 cm³/mol. The summed E-state index contributed by atoms with van der Waals surface area (Å²) >= 11 is 1.61. The van der Waals surface area contributed by atoms with Gasteiger partial charge in [-0.15, -0.1) is 11.3 Å². The van der Waals surface area contributed by atoms with E-state index in [0.717, 1.165) is 10.4 Å². The van der Waals surface area contributed by atoms with Crippen LogP contribution in [0.3, 0.4) is 0 Å². The first-order chi connectivity index (χ1) is 11.5. The topological polar surface area (TPSA) is 78.4 Å². The Morgan fingerprint density at radius 1 is 1.17 bits per heavy atom. The Balaban J connectivity index is 2.01. The van der Waals surface area contributed by atoms with Crippen LogP contribution >= 0.6 is 11.3 Å². The summed E-state index contributed by atoms with van der Waals surface area (Å²) < 4.78 is 0. The van der Waals surface area contributed by atoms with Crippen LogP contribution in [-0.2, 0) is 9.59 Å². The molecule has 1 unspecified atom stereocenters. The number of hydrogen-bond donors (Lipinski definition) is 3. The van der Waals surface area contributed by atoms with Crippen molar-refractivity contribution >= 4 is 28.8 Å². The lowest BCUT2D eigenvalue weighted by molar-refractivity contribution is -0.136. The number of carbonyl (C=O) groups is 2. The third-order valence-electron chi connectivity index (χ3n) is 3.69. The zero-order valence-corrected chi connectivity index (χ0v) is 14.6. The van der Waals surface area contributed by atoms with Crippen molar-refractivity contribution in [2.45, 2.75) is 26.3 Å². The number of anilines is 1. The molecule has 2 amide bonds. The van der Waals surface area contributed by atoms with Gasteiger partial charge in [0.05, 0.1) is 0 Å². The van der Waals surface area contributed by atoms with Crippen molar-refractivity contribution in [2.75, 3.05) is 11.9 Å². The van der Waals surface area contributed by atoms with E-state index >= 15 is 0 Å². The summed E-state index contributed by atoms with van der Waals surface area (Å²) in [4.78, 5) is 25.2. The lowest BCUT2D eigenvalue weighted by Gasteiger charge is -2.21. The second kappa shape index (κ2) is 8.61. The minimum atomic E-state index is -0.707. The molecule has 0 radical (unpaired) electrons. The van der Waals surface area contributed by atoms with Gasteiger partial charge in [0.2, 0.25) is 0 Å². The highest BCUT2D eigenvalue weighted by atomic mass is 32.1. The minimum absolute atomic E-state index is 0.0341. The highest BCUT2D eigenvalue weighted by molar-refractivity contribution is 7.13. The number of hydrogen-bond acceptors (Lipinski definition) is 4. The average Bonchev–Trinajstić information content (AvgIpc) is 3.09. The van der Waals surface area contributed by atoms with Crippen molar-refractivity contribution in [1.29, 1.82) is 0 Å². The Morgan fingerprint density at radius 3 is 2.58 bits per heavy atom. The summed E-state index contributed by atoms with van der Waals surface area (Å²) in [7, 11) is 0. The van der Waals surface area contributed by atoms with Crippen LogP contribution in [0, 0.1) is 5.92 Å². The molecule has 0 spiro atoms. The molecule has 6 heteroatoms. The zero-order chi connectivity index (χ0) is 17.5. The maximum atomic E-state index is 12.1. The van der Waals surface area contributed by atoms with Crippen LogP contribution in [0.15, 0.2) is 41.8 Å². The molecule has 1 aromatic carbocycles. The smallest absolute Gasteiger partial charge is 0.313 e. The van der Waals surface area contributed by atoms with E-state index in [4.69, 9.17) is 5.11 Å². The Kier molecular flexibility index (Phi) is 6.52. The van der Waals surface area contributed by atoms with Gasteiger partial charge in [-0.1, -0.05) is 32.0 Å². The van der Waals surface area contributed by atoms with Gasteiger partial charge in [-0.2, -0.15) is 0 Å². The van der Waals surface area contributed by atoms with Crippen molar-refractivity contribution in [3.63, 3.8) is 0 Å². The van der Waals surface area contributed by atoms with Gasteiger partial charge < -0.3 is 15.7 Å². The number of amides is 2. The minimum Gasteiger partial charge on any atom is -0.396 e. The van der Waals surface area contributed by atoms with Crippen molar-refractivity contribution in [2.24, 2.45) is 5.92 Å². The molecule has 5 nitrogen and oxygen atoms in total. The van der Waals surface area contributed by atoms with Crippen molar-refractivity contribution in [3.05, 3.63) is 41.8 Å². The number of benzene rings is 1. The fraction of sp³-hybridized carbons (Fsp3) is 0.333. The van der Waals surface area contributed by atoms with Crippen LogP contribution in [0.4, 0.5) is 5.69 Å². The first kappa shape index (κ1) is 18.2. The van der Waals surface area contributed by atoms with Gasteiger partial charge in [0.1, 0.15) is 0 Å². The molecule has 1 heterocycles. The molecule has 1 atom stereocenters. The van der Waals surface area contributed by atoms with E-state index in [1.807, 2.05) is 49.6 Å². The SMILES string of the molecule is CC(C)C(CCO)NC(=O)C(=O)Nc1cccc(-c2cccs2)c1. The maximum Gasteiger partial charge on any atom is 0.313 e. The fourth-order valence-electron chi connectivity index (χ4n) is 2.33. The Hall–Kier alpha value is -2.18. The number of thiophene rings is 1. The number of nitrogens with one attached hydrogen (secondary N) is 2. The Bertz CT molecular complexity index is 683. The van der Waals surface area contributed by atoms with Crippen LogP contribution in [0.1, 0.15) is 20.3 Å². The monoisotopic (exact) mass is 346 g/mol. The Labute approximate surface area is 145 Å². The quantitative estimate of drug-likeness (QED) is 0.704. The first-order valence-corrected chi connectivity index (χ1v) is 8.76. The molecule has 0 aliphatic carbocycles. The van der Waals surface area contributed by atoms with Gasteiger partial charge in [0.15, 0.2) is 0 Å². The molecular formula is C18H22N2O3S. The predicted octanol–water partition coefficient (Wildman–Crippen LogP) is 2.88. The molecule has 0 saturated carbocycles. The van der Waals surface area contributed by atoms with Crippen molar-refractivity contribution < 1.29 is 14.7 Å². The number of aliphatic hydroxyl groups is 1. The van der Waals surface area contributed by atoms with Gasteiger partial charge in [-0.3, -0.25) is 9.59 Å². The second-order valence-corrected chi connectivity index (χ2v) is 6.80. The molecule has 0 aliphatic heterocycles. The van der Waals surface area contributed by atoms with Crippen LogP contribution in [0.2, 0.25) is 0 Å². The fourth-order valence-corrected chi connectivity index (χ4v) is 3.05. The normalized spacial score (nSPS) is 12.0. The van der Waals surface area contributed by atoms with E-state index in [2.05, 4.69) is 10.6 Å². The van der Waals surface area contributed by atoms with E-state index in [0.29, 0.717) is 12.1 Å². The summed E-state index contributed by atoms with van der Waals surface area (Å²) in [6.45, 7) is 3.83. The lowest BCUT2D eigenvalue weighted by Crippen LogP contribution is -2.44.